The van der Waals surface area contributed by atoms with Crippen molar-refractivity contribution in [3.05, 3.63) is 55.8 Å². The molecule has 0 aliphatic heterocycles. The molecule has 0 saturated heterocycles. The third-order valence-electron chi connectivity index (χ3n) is 2.78. The van der Waals surface area contributed by atoms with Gasteiger partial charge in [0.05, 0.1) is 6.04 Å². The first-order chi connectivity index (χ1) is 8.65. The van der Waals surface area contributed by atoms with E-state index in [9.17, 15) is 4.39 Å². The fourth-order valence-electron chi connectivity index (χ4n) is 1.85. The molecule has 0 saturated carbocycles. The van der Waals surface area contributed by atoms with E-state index in [1.165, 1.54) is 6.07 Å². The van der Waals surface area contributed by atoms with Crippen molar-refractivity contribution < 1.29 is 4.39 Å². The van der Waals surface area contributed by atoms with Gasteiger partial charge in [-0.2, -0.15) is 11.3 Å². The van der Waals surface area contributed by atoms with E-state index in [0.29, 0.717) is 0 Å². The molecule has 1 atom stereocenters. The van der Waals surface area contributed by atoms with Crippen molar-refractivity contribution in [2.45, 2.75) is 6.04 Å². The average molecular weight is 342 g/mol. The summed E-state index contributed by atoms with van der Waals surface area (Å²) in [6, 6.07) is 6.64. The van der Waals surface area contributed by atoms with E-state index < -0.39 is 0 Å². The smallest absolute Gasteiger partial charge is 0.123 e. The van der Waals surface area contributed by atoms with Gasteiger partial charge in [-0.15, -0.1) is 11.3 Å². The lowest BCUT2D eigenvalue weighted by Gasteiger charge is -2.07. The maximum atomic E-state index is 13.2. The minimum absolute atomic E-state index is 0.161. The van der Waals surface area contributed by atoms with Crippen LogP contribution >= 0.6 is 38.6 Å². The number of hydrogen-bond acceptors (Lipinski definition) is 3. The number of halogens is 2. The molecule has 1 aromatic carbocycles. The van der Waals surface area contributed by atoms with Crippen LogP contribution in [0.2, 0.25) is 0 Å². The quantitative estimate of drug-likeness (QED) is 0.703. The van der Waals surface area contributed by atoms with Crippen LogP contribution in [0.25, 0.3) is 10.1 Å². The van der Waals surface area contributed by atoms with Gasteiger partial charge in [0, 0.05) is 19.4 Å². The van der Waals surface area contributed by atoms with E-state index in [2.05, 4.69) is 15.9 Å². The highest BCUT2D eigenvalue weighted by Gasteiger charge is 2.15. The minimum Gasteiger partial charge on any atom is -0.320 e. The van der Waals surface area contributed by atoms with Gasteiger partial charge in [-0.3, -0.25) is 0 Å². The van der Waals surface area contributed by atoms with E-state index in [1.54, 1.807) is 34.8 Å². The molecule has 92 valence electrons. The van der Waals surface area contributed by atoms with Crippen LogP contribution in [0.3, 0.4) is 0 Å². The number of hydrogen-bond donors (Lipinski definition) is 1. The van der Waals surface area contributed by atoms with Gasteiger partial charge >= 0.3 is 0 Å². The van der Waals surface area contributed by atoms with Crippen LogP contribution in [0.5, 0.6) is 0 Å². The molecule has 1 nitrogen and oxygen atoms in total. The normalized spacial score (nSPS) is 13.1. The van der Waals surface area contributed by atoms with E-state index in [1.807, 2.05) is 16.8 Å². The van der Waals surface area contributed by atoms with Crippen molar-refractivity contribution in [2.24, 2.45) is 5.73 Å². The molecule has 0 spiro atoms. The lowest BCUT2D eigenvalue weighted by Crippen LogP contribution is -2.09. The summed E-state index contributed by atoms with van der Waals surface area (Å²) in [5.41, 5.74) is 7.33. The van der Waals surface area contributed by atoms with Crippen molar-refractivity contribution in [3.8, 4) is 0 Å². The lowest BCUT2D eigenvalue weighted by atomic mass is 10.1. The summed E-state index contributed by atoms with van der Waals surface area (Å²) in [7, 11) is 0. The molecule has 2 heterocycles. The topological polar surface area (TPSA) is 26.0 Å². The molecule has 0 amide bonds. The second kappa shape index (κ2) is 4.74. The highest BCUT2D eigenvalue weighted by molar-refractivity contribution is 9.10. The molecule has 5 heteroatoms. The van der Waals surface area contributed by atoms with Gasteiger partial charge in [0.25, 0.3) is 0 Å². The molecule has 2 aromatic heterocycles. The van der Waals surface area contributed by atoms with Crippen molar-refractivity contribution in [3.63, 3.8) is 0 Å². The second-order valence-corrected chi connectivity index (χ2v) is 6.70. The molecular formula is C13H9BrFNS2. The number of benzene rings is 1. The first-order valence-corrected chi connectivity index (χ1v) is 7.86. The molecular weight excluding hydrogens is 333 g/mol. The molecule has 0 radical (unpaired) electrons. The first-order valence-electron chi connectivity index (χ1n) is 5.31. The zero-order valence-corrected chi connectivity index (χ0v) is 12.4. The Morgan fingerprint density at radius 1 is 1.22 bits per heavy atom. The summed E-state index contributed by atoms with van der Waals surface area (Å²) in [5.74, 6) is -0.211. The SMILES string of the molecule is NC(c1cc2cc(F)ccc2s1)c1cscc1Br. The number of rotatable bonds is 2. The predicted molar refractivity (Wildman–Crippen MR) is 79.8 cm³/mol. The molecule has 0 bridgehead atoms. The van der Waals surface area contributed by atoms with Crippen LogP contribution in [0.4, 0.5) is 4.39 Å². The molecule has 1 unspecified atom stereocenters. The Kier molecular flexibility index (Phi) is 3.23. The Hall–Kier alpha value is -0.750. The third kappa shape index (κ3) is 2.12. The number of nitrogens with two attached hydrogens (primary N) is 1. The van der Waals surface area contributed by atoms with Crippen molar-refractivity contribution in [1.29, 1.82) is 0 Å². The summed E-state index contributed by atoms with van der Waals surface area (Å²) in [6.07, 6.45) is 0. The van der Waals surface area contributed by atoms with Gasteiger partial charge in [-0.25, -0.2) is 4.39 Å². The maximum absolute atomic E-state index is 13.2. The molecule has 2 N–H and O–H groups in total. The van der Waals surface area contributed by atoms with Crippen LogP contribution in [-0.4, -0.2) is 0 Å². The summed E-state index contributed by atoms with van der Waals surface area (Å²) >= 11 is 6.72. The Bertz CT molecular complexity index is 704. The van der Waals surface area contributed by atoms with E-state index in [0.717, 1.165) is 25.0 Å². The Balaban J connectivity index is 2.07. The Morgan fingerprint density at radius 3 is 2.78 bits per heavy atom. The van der Waals surface area contributed by atoms with Gasteiger partial charge < -0.3 is 5.73 Å². The van der Waals surface area contributed by atoms with Crippen molar-refractivity contribution >= 4 is 48.7 Å². The van der Waals surface area contributed by atoms with Crippen molar-refractivity contribution in [2.75, 3.05) is 0 Å². The monoisotopic (exact) mass is 341 g/mol. The molecule has 0 aliphatic carbocycles. The largest absolute Gasteiger partial charge is 0.320 e. The highest BCUT2D eigenvalue weighted by atomic mass is 79.9. The van der Waals surface area contributed by atoms with E-state index in [4.69, 9.17) is 5.73 Å². The standard InChI is InChI=1S/C13H9BrFNS2/c14-10-6-17-5-9(10)13(16)12-4-7-3-8(15)1-2-11(7)18-12/h1-6,13H,16H2. The van der Waals surface area contributed by atoms with Crippen LogP contribution in [0.1, 0.15) is 16.5 Å². The molecule has 3 rings (SSSR count). The van der Waals surface area contributed by atoms with Gasteiger partial charge in [0.1, 0.15) is 5.82 Å². The maximum Gasteiger partial charge on any atom is 0.123 e. The van der Waals surface area contributed by atoms with Gasteiger partial charge in [0.15, 0.2) is 0 Å². The van der Waals surface area contributed by atoms with Gasteiger partial charge in [-0.1, -0.05) is 0 Å². The minimum atomic E-state index is -0.211. The zero-order chi connectivity index (χ0) is 12.7. The van der Waals surface area contributed by atoms with Crippen LogP contribution in [-0.2, 0) is 0 Å². The number of fused-ring (bicyclic) bond motifs is 1. The van der Waals surface area contributed by atoms with E-state index in [-0.39, 0.29) is 11.9 Å². The molecule has 0 fully saturated rings. The summed E-state index contributed by atoms with van der Waals surface area (Å²) in [5, 5.41) is 4.97. The van der Waals surface area contributed by atoms with Gasteiger partial charge in [0.2, 0.25) is 0 Å². The number of thiophene rings is 2. The summed E-state index contributed by atoms with van der Waals surface area (Å²) < 4.78 is 15.2. The van der Waals surface area contributed by atoms with E-state index >= 15 is 0 Å². The lowest BCUT2D eigenvalue weighted by molar-refractivity contribution is 0.630. The zero-order valence-electron chi connectivity index (χ0n) is 9.19. The molecule has 18 heavy (non-hydrogen) atoms. The fourth-order valence-corrected chi connectivity index (χ4v) is 4.50. The first kappa shape index (κ1) is 12.3. The summed E-state index contributed by atoms with van der Waals surface area (Å²) in [4.78, 5) is 1.05. The predicted octanol–water partition coefficient (Wildman–Crippen LogP) is 4.91. The van der Waals surface area contributed by atoms with Gasteiger partial charge in [-0.05, 0) is 56.5 Å². The Morgan fingerprint density at radius 2 is 2.06 bits per heavy atom. The fraction of sp³-hybridized carbons (Fsp3) is 0.0769. The van der Waals surface area contributed by atoms with Crippen LogP contribution < -0.4 is 5.73 Å². The second-order valence-electron chi connectivity index (χ2n) is 3.98. The van der Waals surface area contributed by atoms with Crippen molar-refractivity contribution in [1.82, 2.24) is 0 Å². The Labute approximate surface area is 120 Å². The highest BCUT2D eigenvalue weighted by Crippen LogP contribution is 2.36. The molecule has 3 aromatic rings. The molecule has 0 aliphatic rings. The van der Waals surface area contributed by atoms with Crippen LogP contribution in [0, 0.1) is 5.82 Å². The van der Waals surface area contributed by atoms with Crippen LogP contribution in [0.15, 0.2) is 39.5 Å². The summed E-state index contributed by atoms with van der Waals surface area (Å²) in [6.45, 7) is 0. The average Bonchev–Trinajstić information content (AvgIpc) is 2.93. The third-order valence-corrected chi connectivity index (χ3v) is 5.73.